The van der Waals surface area contributed by atoms with Crippen molar-refractivity contribution in [2.24, 2.45) is 0 Å². The molecule has 0 saturated carbocycles. The van der Waals surface area contributed by atoms with Gasteiger partial charge in [-0.05, 0) is 19.3 Å². The van der Waals surface area contributed by atoms with Gasteiger partial charge in [0, 0.05) is 19.8 Å². The van der Waals surface area contributed by atoms with Crippen molar-refractivity contribution in [1.29, 1.82) is 0 Å². The van der Waals surface area contributed by atoms with E-state index in [1.807, 2.05) is 10.7 Å². The normalized spacial score (nSPS) is 21.8. The van der Waals surface area contributed by atoms with Gasteiger partial charge in [-0.15, -0.1) is 0 Å². The lowest BCUT2D eigenvalue weighted by molar-refractivity contribution is -0.0430. The molecule has 0 aromatic carbocycles. The van der Waals surface area contributed by atoms with Crippen molar-refractivity contribution in [3.63, 3.8) is 0 Å². The van der Waals surface area contributed by atoms with Crippen LogP contribution in [0.4, 0.5) is 5.82 Å². The van der Waals surface area contributed by atoms with Crippen LogP contribution in [0, 0.1) is 0 Å². The Morgan fingerprint density at radius 3 is 3.20 bits per heavy atom. The molecule has 2 rings (SSSR count). The van der Waals surface area contributed by atoms with E-state index in [0.29, 0.717) is 12.4 Å². The molecule has 1 aliphatic heterocycles. The lowest BCUT2D eigenvalue weighted by Gasteiger charge is -2.24. The largest absolute Gasteiger partial charge is 0.382 e. The third-order valence-electron chi connectivity index (χ3n) is 2.55. The summed E-state index contributed by atoms with van der Waals surface area (Å²) in [5, 5.41) is 4.24. The first-order chi connectivity index (χ1) is 7.31. The average Bonchev–Trinajstić information content (AvgIpc) is 2.62. The van der Waals surface area contributed by atoms with E-state index in [-0.39, 0.29) is 6.23 Å². The van der Waals surface area contributed by atoms with Crippen LogP contribution in [-0.2, 0) is 16.1 Å². The Kier molecular flexibility index (Phi) is 3.23. The van der Waals surface area contributed by atoms with Crippen LogP contribution in [0.15, 0.2) is 6.07 Å². The van der Waals surface area contributed by atoms with Crippen molar-refractivity contribution in [1.82, 2.24) is 9.78 Å². The quantitative estimate of drug-likeness (QED) is 0.818. The van der Waals surface area contributed by atoms with E-state index in [0.717, 1.165) is 25.1 Å². The summed E-state index contributed by atoms with van der Waals surface area (Å²) in [5.41, 5.74) is 6.65. The Morgan fingerprint density at radius 2 is 2.53 bits per heavy atom. The number of hydrogen-bond donors (Lipinski definition) is 1. The van der Waals surface area contributed by atoms with Crippen LogP contribution in [0.5, 0.6) is 0 Å². The minimum Gasteiger partial charge on any atom is -0.382 e. The molecule has 1 aromatic rings. The number of nitrogens with zero attached hydrogens (tertiary/aromatic N) is 2. The van der Waals surface area contributed by atoms with Gasteiger partial charge >= 0.3 is 0 Å². The molecule has 1 fully saturated rings. The van der Waals surface area contributed by atoms with Crippen molar-refractivity contribution in [2.45, 2.75) is 32.1 Å². The highest BCUT2D eigenvalue weighted by Gasteiger charge is 2.19. The average molecular weight is 211 g/mol. The van der Waals surface area contributed by atoms with Crippen molar-refractivity contribution in [3.05, 3.63) is 11.8 Å². The Labute approximate surface area is 89.2 Å². The molecule has 15 heavy (non-hydrogen) atoms. The predicted molar refractivity (Wildman–Crippen MR) is 56.2 cm³/mol. The van der Waals surface area contributed by atoms with Crippen LogP contribution in [0.3, 0.4) is 0 Å². The number of nitrogens with two attached hydrogens (primary N) is 1. The second-order valence-electron chi connectivity index (χ2n) is 3.76. The van der Waals surface area contributed by atoms with Crippen LogP contribution >= 0.6 is 0 Å². The van der Waals surface area contributed by atoms with E-state index in [4.69, 9.17) is 15.2 Å². The molecule has 1 aliphatic rings. The summed E-state index contributed by atoms with van der Waals surface area (Å²) in [7, 11) is 1.66. The van der Waals surface area contributed by atoms with E-state index in [1.54, 1.807) is 7.11 Å². The fraction of sp³-hybridized carbons (Fsp3) is 0.700. The van der Waals surface area contributed by atoms with E-state index in [1.165, 1.54) is 6.42 Å². The molecular formula is C10H17N3O2. The SMILES string of the molecule is COCc1cc(N)nn1C1CCCCO1. The van der Waals surface area contributed by atoms with Gasteiger partial charge in [-0.3, -0.25) is 0 Å². The molecule has 2 heterocycles. The summed E-state index contributed by atoms with van der Waals surface area (Å²) in [4.78, 5) is 0. The minimum atomic E-state index is 0.0289. The molecule has 0 bridgehead atoms. The highest BCUT2D eigenvalue weighted by Crippen LogP contribution is 2.24. The summed E-state index contributed by atoms with van der Waals surface area (Å²) >= 11 is 0. The Balaban J connectivity index is 2.17. The molecule has 84 valence electrons. The fourth-order valence-corrected chi connectivity index (χ4v) is 1.88. The van der Waals surface area contributed by atoms with Gasteiger partial charge in [0.2, 0.25) is 0 Å². The van der Waals surface area contributed by atoms with Crippen molar-refractivity contribution in [2.75, 3.05) is 19.5 Å². The summed E-state index contributed by atoms with van der Waals surface area (Å²) in [5.74, 6) is 0.524. The number of rotatable bonds is 3. The van der Waals surface area contributed by atoms with Crippen LogP contribution < -0.4 is 5.73 Å². The summed E-state index contributed by atoms with van der Waals surface area (Å²) in [6.07, 6.45) is 3.34. The maximum atomic E-state index is 5.67. The van der Waals surface area contributed by atoms with Crippen LogP contribution in [0.2, 0.25) is 0 Å². The molecular weight excluding hydrogens is 194 g/mol. The van der Waals surface area contributed by atoms with Gasteiger partial charge in [0.25, 0.3) is 0 Å². The maximum Gasteiger partial charge on any atom is 0.150 e. The van der Waals surface area contributed by atoms with Gasteiger partial charge in [0.05, 0.1) is 12.3 Å². The molecule has 1 atom stereocenters. The zero-order valence-electron chi connectivity index (χ0n) is 8.98. The Hall–Kier alpha value is -1.07. The van der Waals surface area contributed by atoms with Gasteiger partial charge < -0.3 is 15.2 Å². The number of aromatic nitrogens is 2. The molecule has 0 spiro atoms. The number of anilines is 1. The molecule has 0 amide bonds. The number of nitrogen functional groups attached to an aromatic ring is 1. The summed E-state index contributed by atoms with van der Waals surface area (Å²) in [6.45, 7) is 1.32. The molecule has 0 radical (unpaired) electrons. The van der Waals surface area contributed by atoms with E-state index >= 15 is 0 Å². The monoisotopic (exact) mass is 211 g/mol. The first kappa shape index (κ1) is 10.4. The summed E-state index contributed by atoms with van der Waals surface area (Å²) < 4.78 is 12.6. The molecule has 1 aromatic heterocycles. The second kappa shape index (κ2) is 4.63. The molecule has 1 saturated heterocycles. The maximum absolute atomic E-state index is 5.67. The zero-order chi connectivity index (χ0) is 10.7. The Bertz CT molecular complexity index is 318. The number of ether oxygens (including phenoxy) is 2. The molecule has 1 unspecified atom stereocenters. The summed E-state index contributed by atoms with van der Waals surface area (Å²) in [6, 6.07) is 1.83. The molecule has 0 aliphatic carbocycles. The molecule has 5 heteroatoms. The van der Waals surface area contributed by atoms with Crippen LogP contribution in [-0.4, -0.2) is 23.5 Å². The van der Waals surface area contributed by atoms with Gasteiger partial charge in [-0.2, -0.15) is 5.10 Å². The third kappa shape index (κ3) is 2.30. The first-order valence-electron chi connectivity index (χ1n) is 5.25. The first-order valence-corrected chi connectivity index (χ1v) is 5.25. The lowest BCUT2D eigenvalue weighted by Crippen LogP contribution is -2.21. The van der Waals surface area contributed by atoms with Gasteiger partial charge in [0.15, 0.2) is 6.23 Å². The van der Waals surface area contributed by atoms with Crippen LogP contribution in [0.25, 0.3) is 0 Å². The predicted octanol–water partition coefficient (Wildman–Crippen LogP) is 1.31. The van der Waals surface area contributed by atoms with Crippen molar-refractivity contribution < 1.29 is 9.47 Å². The minimum absolute atomic E-state index is 0.0289. The zero-order valence-corrected chi connectivity index (χ0v) is 8.98. The van der Waals surface area contributed by atoms with E-state index < -0.39 is 0 Å². The van der Waals surface area contributed by atoms with E-state index in [9.17, 15) is 0 Å². The third-order valence-corrected chi connectivity index (χ3v) is 2.55. The number of methoxy groups -OCH3 is 1. The van der Waals surface area contributed by atoms with E-state index in [2.05, 4.69) is 5.10 Å². The smallest absolute Gasteiger partial charge is 0.150 e. The van der Waals surface area contributed by atoms with Gasteiger partial charge in [0.1, 0.15) is 5.82 Å². The van der Waals surface area contributed by atoms with Gasteiger partial charge in [-0.1, -0.05) is 0 Å². The molecule has 5 nitrogen and oxygen atoms in total. The van der Waals surface area contributed by atoms with Crippen molar-refractivity contribution in [3.8, 4) is 0 Å². The fourth-order valence-electron chi connectivity index (χ4n) is 1.88. The van der Waals surface area contributed by atoms with Crippen LogP contribution in [0.1, 0.15) is 31.2 Å². The molecule has 2 N–H and O–H groups in total. The van der Waals surface area contributed by atoms with Crippen molar-refractivity contribution >= 4 is 5.82 Å². The standard InChI is InChI=1S/C10H17N3O2/c1-14-7-8-6-9(11)12-13(8)10-4-2-3-5-15-10/h6,10H,2-5,7H2,1H3,(H2,11,12). The lowest BCUT2D eigenvalue weighted by atomic mass is 10.2. The van der Waals surface area contributed by atoms with Gasteiger partial charge in [-0.25, -0.2) is 4.68 Å². The highest BCUT2D eigenvalue weighted by atomic mass is 16.5. The highest BCUT2D eigenvalue weighted by molar-refractivity contribution is 5.29. The second-order valence-corrected chi connectivity index (χ2v) is 3.76. The topological polar surface area (TPSA) is 62.3 Å². The Morgan fingerprint density at radius 1 is 1.67 bits per heavy atom. The number of hydrogen-bond acceptors (Lipinski definition) is 4.